The van der Waals surface area contributed by atoms with Crippen LogP contribution in [0.4, 0.5) is 0 Å². The zero-order valence-electron chi connectivity index (χ0n) is 16.1. The van der Waals surface area contributed by atoms with E-state index < -0.39 is 7.26 Å². The maximum Gasteiger partial charge on any atom is 0.305 e. The lowest BCUT2D eigenvalue weighted by Crippen LogP contribution is -3.00. The lowest BCUT2D eigenvalue weighted by atomic mass is 10.3. The maximum atomic E-state index is 11.9. The standard InChI is InChI=1S/C24H26O2P.HI/c1-2-26-24(25)19-12-20-27(21-13-6-3-7-14-21,22-15-8-4-9-16-22)23-17-10-5-11-18-23;/h3-11,13-18H,2,12,19-20H2,1H3;1H/q+1;/p-1. The molecule has 0 aromatic heterocycles. The smallest absolute Gasteiger partial charge is 0.305 e. The SMILES string of the molecule is CCOC(=O)CCC[P+](c1ccccc1)(c1ccccc1)c1ccccc1.[I-]. The number of ether oxygens (including phenoxy) is 1. The Labute approximate surface area is 185 Å². The number of carbonyl (C=O) groups is 1. The molecule has 0 atom stereocenters. The third kappa shape index (κ3) is 5.21. The summed E-state index contributed by atoms with van der Waals surface area (Å²) < 4.78 is 5.15. The third-order valence-electron chi connectivity index (χ3n) is 4.77. The van der Waals surface area contributed by atoms with Crippen LogP contribution in [0.3, 0.4) is 0 Å². The summed E-state index contributed by atoms with van der Waals surface area (Å²) in [5.74, 6) is -0.107. The van der Waals surface area contributed by atoms with Gasteiger partial charge in [-0.25, -0.2) is 0 Å². The molecule has 0 aliphatic rings. The molecule has 3 aromatic carbocycles. The van der Waals surface area contributed by atoms with Gasteiger partial charge in [0, 0.05) is 6.42 Å². The minimum atomic E-state index is -1.84. The highest BCUT2D eigenvalue weighted by Gasteiger charge is 2.44. The molecule has 0 spiro atoms. The van der Waals surface area contributed by atoms with E-state index in [0.29, 0.717) is 13.0 Å². The first-order chi connectivity index (χ1) is 13.3. The Morgan fingerprint density at radius 1 is 0.750 bits per heavy atom. The van der Waals surface area contributed by atoms with Crippen LogP contribution in [0, 0.1) is 0 Å². The molecule has 4 heteroatoms. The Morgan fingerprint density at radius 3 is 1.50 bits per heavy atom. The van der Waals surface area contributed by atoms with Crippen LogP contribution in [0.15, 0.2) is 91.0 Å². The predicted octanol–water partition coefficient (Wildman–Crippen LogP) is 1.33. The van der Waals surface area contributed by atoms with E-state index in [0.717, 1.165) is 12.6 Å². The Bertz CT molecular complexity index is 742. The van der Waals surface area contributed by atoms with Crippen LogP contribution in [0.5, 0.6) is 0 Å². The zero-order chi connectivity index (χ0) is 19.0. The molecular formula is C24H26IO2P. The fourth-order valence-electron chi connectivity index (χ4n) is 3.58. The quantitative estimate of drug-likeness (QED) is 0.263. The van der Waals surface area contributed by atoms with Gasteiger partial charge in [0.15, 0.2) is 0 Å². The fraction of sp³-hybridized carbons (Fsp3) is 0.208. The Kier molecular flexibility index (Phi) is 9.14. The van der Waals surface area contributed by atoms with Crippen molar-refractivity contribution in [3.63, 3.8) is 0 Å². The van der Waals surface area contributed by atoms with E-state index in [1.165, 1.54) is 15.9 Å². The molecule has 0 saturated heterocycles. The Balaban J connectivity index is 0.00000280. The van der Waals surface area contributed by atoms with Crippen LogP contribution < -0.4 is 39.9 Å². The maximum absolute atomic E-state index is 11.9. The van der Waals surface area contributed by atoms with Crippen molar-refractivity contribution < 1.29 is 33.5 Å². The number of esters is 1. The number of benzene rings is 3. The average Bonchev–Trinajstić information content (AvgIpc) is 2.73. The molecule has 0 fully saturated rings. The van der Waals surface area contributed by atoms with Crippen molar-refractivity contribution in [1.82, 2.24) is 0 Å². The van der Waals surface area contributed by atoms with E-state index in [2.05, 4.69) is 91.0 Å². The summed E-state index contributed by atoms with van der Waals surface area (Å²) in [6.45, 7) is 2.29. The molecule has 0 aliphatic heterocycles. The van der Waals surface area contributed by atoms with Gasteiger partial charge in [-0.1, -0.05) is 54.6 Å². The summed E-state index contributed by atoms with van der Waals surface area (Å²) in [4.78, 5) is 11.9. The van der Waals surface area contributed by atoms with E-state index in [1.807, 2.05) is 6.92 Å². The van der Waals surface area contributed by atoms with E-state index in [4.69, 9.17) is 4.74 Å². The second-order valence-electron chi connectivity index (χ2n) is 6.45. The molecule has 0 amide bonds. The summed E-state index contributed by atoms with van der Waals surface area (Å²) in [5, 5.41) is 4.06. The van der Waals surface area contributed by atoms with Gasteiger partial charge in [0.25, 0.3) is 0 Å². The van der Waals surface area contributed by atoms with Crippen molar-refractivity contribution in [1.29, 1.82) is 0 Å². The van der Waals surface area contributed by atoms with Gasteiger partial charge in [0.1, 0.15) is 23.2 Å². The molecule has 2 nitrogen and oxygen atoms in total. The monoisotopic (exact) mass is 504 g/mol. The summed E-state index contributed by atoms with van der Waals surface area (Å²) in [6.07, 6.45) is 2.22. The van der Waals surface area contributed by atoms with Crippen LogP contribution in [0.2, 0.25) is 0 Å². The van der Waals surface area contributed by atoms with Gasteiger partial charge in [0.05, 0.1) is 12.8 Å². The van der Waals surface area contributed by atoms with Crippen LogP contribution >= 0.6 is 7.26 Å². The highest BCUT2D eigenvalue weighted by atomic mass is 127. The van der Waals surface area contributed by atoms with Crippen molar-refractivity contribution in [3.05, 3.63) is 91.0 Å². The predicted molar refractivity (Wildman–Crippen MR) is 116 cm³/mol. The van der Waals surface area contributed by atoms with Gasteiger partial charge in [-0.3, -0.25) is 4.79 Å². The van der Waals surface area contributed by atoms with E-state index in [9.17, 15) is 4.79 Å². The molecular weight excluding hydrogens is 478 g/mol. The first-order valence-electron chi connectivity index (χ1n) is 9.48. The molecule has 0 aliphatic carbocycles. The normalized spacial score (nSPS) is 10.8. The van der Waals surface area contributed by atoms with Gasteiger partial charge in [0.2, 0.25) is 0 Å². The van der Waals surface area contributed by atoms with Crippen molar-refractivity contribution in [2.24, 2.45) is 0 Å². The van der Waals surface area contributed by atoms with Gasteiger partial charge in [-0.2, -0.15) is 0 Å². The van der Waals surface area contributed by atoms with Crippen LogP contribution in [0.25, 0.3) is 0 Å². The lowest BCUT2D eigenvalue weighted by molar-refractivity contribution is -0.143. The van der Waals surface area contributed by atoms with Gasteiger partial charge in [-0.05, 0) is 49.7 Å². The summed E-state index contributed by atoms with van der Waals surface area (Å²) in [5.41, 5.74) is 0. The van der Waals surface area contributed by atoms with Gasteiger partial charge in [-0.15, -0.1) is 0 Å². The summed E-state index contributed by atoms with van der Waals surface area (Å²) >= 11 is 0. The molecule has 0 radical (unpaired) electrons. The van der Waals surface area contributed by atoms with Crippen molar-refractivity contribution >= 4 is 29.1 Å². The molecule has 0 N–H and O–H groups in total. The molecule has 3 rings (SSSR count). The molecule has 28 heavy (non-hydrogen) atoms. The highest BCUT2D eigenvalue weighted by molar-refractivity contribution is 7.95. The van der Waals surface area contributed by atoms with Crippen molar-refractivity contribution in [2.75, 3.05) is 12.8 Å². The largest absolute Gasteiger partial charge is 1.00 e. The summed E-state index contributed by atoms with van der Waals surface area (Å²) in [7, 11) is -1.84. The van der Waals surface area contributed by atoms with Crippen LogP contribution in [-0.4, -0.2) is 18.7 Å². The molecule has 0 bridgehead atoms. The minimum absolute atomic E-state index is 0. The van der Waals surface area contributed by atoms with E-state index in [1.54, 1.807) is 0 Å². The summed E-state index contributed by atoms with van der Waals surface area (Å²) in [6, 6.07) is 32.3. The number of hydrogen-bond acceptors (Lipinski definition) is 2. The van der Waals surface area contributed by atoms with Crippen LogP contribution in [0.1, 0.15) is 19.8 Å². The number of rotatable bonds is 8. The van der Waals surface area contributed by atoms with Crippen molar-refractivity contribution in [2.45, 2.75) is 19.8 Å². The Hall–Kier alpha value is -1.71. The number of halogens is 1. The molecule has 0 heterocycles. The topological polar surface area (TPSA) is 26.3 Å². The number of carbonyl (C=O) groups excluding carboxylic acids is 1. The van der Waals surface area contributed by atoms with Gasteiger partial charge >= 0.3 is 5.97 Å². The lowest BCUT2D eigenvalue weighted by Gasteiger charge is -2.27. The zero-order valence-corrected chi connectivity index (χ0v) is 19.2. The second-order valence-corrected chi connectivity index (χ2v) is 10.1. The first-order valence-corrected chi connectivity index (χ1v) is 11.5. The van der Waals surface area contributed by atoms with E-state index in [-0.39, 0.29) is 29.9 Å². The fourth-order valence-corrected chi connectivity index (χ4v) is 7.92. The van der Waals surface area contributed by atoms with Crippen LogP contribution in [-0.2, 0) is 9.53 Å². The molecule has 3 aromatic rings. The minimum Gasteiger partial charge on any atom is -1.00 e. The second kappa shape index (κ2) is 11.3. The molecule has 0 unspecified atom stereocenters. The van der Waals surface area contributed by atoms with E-state index >= 15 is 0 Å². The molecule has 146 valence electrons. The first kappa shape index (κ1) is 22.6. The highest BCUT2D eigenvalue weighted by Crippen LogP contribution is 2.55. The van der Waals surface area contributed by atoms with Crippen molar-refractivity contribution in [3.8, 4) is 0 Å². The Morgan fingerprint density at radius 2 is 1.14 bits per heavy atom. The number of hydrogen-bond donors (Lipinski definition) is 0. The third-order valence-corrected chi connectivity index (χ3v) is 9.30. The molecule has 0 saturated carbocycles. The van der Waals surface area contributed by atoms with Gasteiger partial charge < -0.3 is 28.7 Å². The average molecular weight is 504 g/mol.